The third kappa shape index (κ3) is 4.01. The topological polar surface area (TPSA) is 43.8 Å². The number of anilines is 2. The number of hydrogen-bond donors (Lipinski definition) is 1. The van der Waals surface area contributed by atoms with Crippen LogP contribution >= 0.6 is 0 Å². The molecule has 0 bridgehead atoms. The van der Waals surface area contributed by atoms with E-state index in [1.54, 1.807) is 0 Å². The average Bonchev–Trinajstić information content (AvgIpc) is 2.86. The highest BCUT2D eigenvalue weighted by molar-refractivity contribution is 5.71. The minimum absolute atomic E-state index is 0.196. The Balaban J connectivity index is 1.47. The summed E-state index contributed by atoms with van der Waals surface area (Å²) in [5.41, 5.74) is 5.48. The monoisotopic (exact) mass is 364 g/mol. The van der Waals surface area contributed by atoms with Crippen LogP contribution in [0.25, 0.3) is 0 Å². The zero-order valence-corrected chi connectivity index (χ0v) is 15.8. The highest BCUT2D eigenvalue weighted by Crippen LogP contribution is 2.35. The van der Waals surface area contributed by atoms with E-state index in [-0.39, 0.29) is 5.92 Å². The lowest BCUT2D eigenvalue weighted by Crippen LogP contribution is -2.39. The van der Waals surface area contributed by atoms with Crippen molar-refractivity contribution in [2.75, 3.05) is 31.1 Å². The maximum atomic E-state index is 11.3. The van der Waals surface area contributed by atoms with E-state index in [9.17, 15) is 9.90 Å². The van der Waals surface area contributed by atoms with Crippen LogP contribution in [-0.4, -0.2) is 42.2 Å². The molecule has 1 N–H and O–H groups in total. The molecule has 2 aromatic rings. The Kier molecular flexibility index (Phi) is 5.44. The molecule has 2 aliphatic heterocycles. The molecule has 0 aromatic heterocycles. The molecule has 0 radical (unpaired) electrons. The molecule has 1 unspecified atom stereocenters. The van der Waals surface area contributed by atoms with Crippen molar-refractivity contribution in [3.63, 3.8) is 0 Å². The summed E-state index contributed by atoms with van der Waals surface area (Å²) in [5, 5.41) is 9.30. The van der Waals surface area contributed by atoms with Crippen LogP contribution in [-0.2, 0) is 17.6 Å². The van der Waals surface area contributed by atoms with Gasteiger partial charge in [0.1, 0.15) is 0 Å². The normalized spacial score (nSPS) is 19.9. The molecule has 2 aromatic carbocycles. The van der Waals surface area contributed by atoms with Gasteiger partial charge in [-0.15, -0.1) is 0 Å². The Morgan fingerprint density at radius 3 is 2.22 bits per heavy atom. The number of para-hydroxylation sites is 2. The van der Waals surface area contributed by atoms with E-state index >= 15 is 0 Å². The largest absolute Gasteiger partial charge is 0.481 e. The van der Waals surface area contributed by atoms with Gasteiger partial charge in [0.05, 0.1) is 5.92 Å². The molecule has 2 aliphatic rings. The Bertz CT molecular complexity index is 757. The number of carbonyl (C=O) groups is 1. The molecule has 4 nitrogen and oxygen atoms in total. The number of nitrogens with zero attached hydrogens (tertiary/aromatic N) is 2. The van der Waals surface area contributed by atoms with E-state index in [2.05, 4.69) is 58.3 Å². The molecule has 2 heterocycles. The van der Waals surface area contributed by atoms with E-state index in [0.29, 0.717) is 6.54 Å². The van der Waals surface area contributed by atoms with Gasteiger partial charge in [0.15, 0.2) is 0 Å². The summed E-state index contributed by atoms with van der Waals surface area (Å²) in [6, 6.07) is 17.5. The van der Waals surface area contributed by atoms with E-state index in [4.69, 9.17) is 0 Å². The molecular formula is C23H28N2O2. The third-order valence-corrected chi connectivity index (χ3v) is 5.94. The SMILES string of the molecule is O=C(O)C1CCCN(CCCN2c3ccccc3CCc3ccccc32)C1. The second-order valence-corrected chi connectivity index (χ2v) is 7.74. The molecule has 27 heavy (non-hydrogen) atoms. The molecule has 142 valence electrons. The lowest BCUT2D eigenvalue weighted by Gasteiger charge is -2.32. The summed E-state index contributed by atoms with van der Waals surface area (Å²) >= 11 is 0. The first-order chi connectivity index (χ1) is 13.2. The van der Waals surface area contributed by atoms with Gasteiger partial charge >= 0.3 is 5.97 Å². The summed E-state index contributed by atoms with van der Waals surface area (Å²) in [6.07, 6.45) is 5.01. The van der Waals surface area contributed by atoms with E-state index in [1.807, 2.05) is 0 Å². The van der Waals surface area contributed by atoms with Crippen molar-refractivity contribution in [3.8, 4) is 0 Å². The summed E-state index contributed by atoms with van der Waals surface area (Å²) < 4.78 is 0. The maximum Gasteiger partial charge on any atom is 0.307 e. The van der Waals surface area contributed by atoms with Gasteiger partial charge in [-0.2, -0.15) is 0 Å². The number of carboxylic acid groups (broad SMARTS) is 1. The fraction of sp³-hybridized carbons (Fsp3) is 0.435. The van der Waals surface area contributed by atoms with E-state index in [0.717, 1.165) is 51.7 Å². The van der Waals surface area contributed by atoms with Crippen molar-refractivity contribution >= 4 is 17.3 Å². The number of fused-ring (bicyclic) bond motifs is 2. The number of rotatable bonds is 5. The molecule has 1 atom stereocenters. The molecule has 1 saturated heterocycles. The third-order valence-electron chi connectivity index (χ3n) is 5.94. The van der Waals surface area contributed by atoms with Gasteiger partial charge in [-0.3, -0.25) is 4.79 Å². The summed E-state index contributed by atoms with van der Waals surface area (Å²) in [4.78, 5) is 16.1. The molecule has 4 heteroatoms. The number of aliphatic carboxylic acids is 1. The molecule has 0 amide bonds. The lowest BCUT2D eigenvalue weighted by atomic mass is 9.98. The minimum atomic E-state index is -0.643. The zero-order chi connectivity index (χ0) is 18.6. The summed E-state index contributed by atoms with van der Waals surface area (Å²) in [5.74, 6) is -0.839. The van der Waals surface area contributed by atoms with Crippen molar-refractivity contribution in [2.24, 2.45) is 5.92 Å². The predicted molar refractivity (Wildman–Crippen MR) is 109 cm³/mol. The zero-order valence-electron chi connectivity index (χ0n) is 15.8. The van der Waals surface area contributed by atoms with Crippen LogP contribution in [0.2, 0.25) is 0 Å². The Labute approximate surface area is 161 Å². The first kappa shape index (κ1) is 18.1. The van der Waals surface area contributed by atoms with Crippen LogP contribution < -0.4 is 4.90 Å². The molecule has 0 saturated carbocycles. The Hall–Kier alpha value is -2.33. The molecule has 0 spiro atoms. The van der Waals surface area contributed by atoms with Crippen molar-refractivity contribution in [2.45, 2.75) is 32.1 Å². The highest BCUT2D eigenvalue weighted by atomic mass is 16.4. The van der Waals surface area contributed by atoms with Crippen LogP contribution in [0.5, 0.6) is 0 Å². The van der Waals surface area contributed by atoms with Gasteiger partial charge in [0, 0.05) is 24.5 Å². The van der Waals surface area contributed by atoms with Crippen LogP contribution in [0.1, 0.15) is 30.4 Å². The van der Waals surface area contributed by atoms with Crippen LogP contribution in [0.3, 0.4) is 0 Å². The Morgan fingerprint density at radius 2 is 1.59 bits per heavy atom. The second-order valence-electron chi connectivity index (χ2n) is 7.74. The van der Waals surface area contributed by atoms with Gasteiger partial charge in [0.25, 0.3) is 0 Å². The quantitative estimate of drug-likeness (QED) is 0.867. The fourth-order valence-corrected chi connectivity index (χ4v) is 4.52. The van der Waals surface area contributed by atoms with Crippen molar-refractivity contribution in [3.05, 3.63) is 59.7 Å². The van der Waals surface area contributed by atoms with Gasteiger partial charge in [-0.25, -0.2) is 0 Å². The van der Waals surface area contributed by atoms with Crippen LogP contribution in [0, 0.1) is 5.92 Å². The first-order valence-corrected chi connectivity index (χ1v) is 10.1. The van der Waals surface area contributed by atoms with Crippen LogP contribution in [0.15, 0.2) is 48.5 Å². The van der Waals surface area contributed by atoms with E-state index < -0.39 is 5.97 Å². The number of likely N-dealkylation sites (tertiary alicyclic amines) is 1. The first-order valence-electron chi connectivity index (χ1n) is 10.1. The van der Waals surface area contributed by atoms with Gasteiger partial charge in [0.2, 0.25) is 0 Å². The smallest absolute Gasteiger partial charge is 0.307 e. The molecule has 1 fully saturated rings. The van der Waals surface area contributed by atoms with Gasteiger partial charge < -0.3 is 14.9 Å². The molecule has 4 rings (SSSR count). The van der Waals surface area contributed by atoms with Gasteiger partial charge in [-0.05, 0) is 68.5 Å². The van der Waals surface area contributed by atoms with Crippen molar-refractivity contribution in [1.82, 2.24) is 4.90 Å². The summed E-state index contributed by atoms with van der Waals surface area (Å²) in [6.45, 7) is 3.65. The number of benzene rings is 2. The summed E-state index contributed by atoms with van der Waals surface area (Å²) in [7, 11) is 0. The Morgan fingerprint density at radius 1 is 0.963 bits per heavy atom. The standard InChI is InChI=1S/C23H28N2O2/c26-23(27)20-9-5-14-24(17-20)15-6-16-25-21-10-3-1-7-18(21)12-13-19-8-2-4-11-22(19)25/h1-4,7-8,10-11,20H,5-6,9,12-17H2,(H,26,27). The predicted octanol–water partition coefficient (Wildman–Crippen LogP) is 4.11. The van der Waals surface area contributed by atoms with Crippen molar-refractivity contribution < 1.29 is 9.90 Å². The molecule has 0 aliphatic carbocycles. The number of hydrogen-bond acceptors (Lipinski definition) is 3. The fourth-order valence-electron chi connectivity index (χ4n) is 4.52. The maximum absolute atomic E-state index is 11.3. The number of carboxylic acids is 1. The minimum Gasteiger partial charge on any atom is -0.481 e. The second kappa shape index (κ2) is 8.13. The highest BCUT2D eigenvalue weighted by Gasteiger charge is 2.25. The number of piperidine rings is 1. The lowest BCUT2D eigenvalue weighted by molar-refractivity contribution is -0.143. The average molecular weight is 364 g/mol. The van der Waals surface area contributed by atoms with Crippen LogP contribution in [0.4, 0.5) is 11.4 Å². The van der Waals surface area contributed by atoms with Gasteiger partial charge in [-0.1, -0.05) is 36.4 Å². The van der Waals surface area contributed by atoms with E-state index in [1.165, 1.54) is 22.5 Å². The number of aryl methyl sites for hydroxylation is 2. The van der Waals surface area contributed by atoms with Crippen molar-refractivity contribution in [1.29, 1.82) is 0 Å². The molecular weight excluding hydrogens is 336 g/mol.